The molecule has 2 aromatic rings. The van der Waals surface area contributed by atoms with Gasteiger partial charge in [0.05, 0.1) is 6.10 Å². The number of rotatable bonds is 7. The van der Waals surface area contributed by atoms with E-state index in [2.05, 4.69) is 5.32 Å². The first-order valence-electron chi connectivity index (χ1n) is 11.4. The Labute approximate surface area is 216 Å². The van der Waals surface area contributed by atoms with Gasteiger partial charge >= 0.3 is 11.9 Å². The number of hydrogen-bond donors (Lipinski definition) is 7. The van der Waals surface area contributed by atoms with E-state index in [9.17, 15) is 45.0 Å². The molecule has 0 bridgehead atoms. The minimum Gasteiger partial charge on any atom is -0.504 e. The summed E-state index contributed by atoms with van der Waals surface area (Å²) in [4.78, 5) is 37.2. The molecule has 4 atom stereocenters. The number of ether oxygens (including phenoxy) is 2. The van der Waals surface area contributed by atoms with E-state index >= 15 is 0 Å². The van der Waals surface area contributed by atoms with Crippen LogP contribution in [-0.4, -0.2) is 79.4 Å². The number of likely N-dealkylation sites (N-methyl/N-ethyl adjacent to an activating group) is 1. The molecule has 1 amide bonds. The topological polar surface area (TPSA) is 203 Å². The summed E-state index contributed by atoms with van der Waals surface area (Å²) in [5, 5.41) is 61.6. The molecule has 7 N–H and O–H groups in total. The molecular formula is C26H27NO11. The van der Waals surface area contributed by atoms with E-state index in [4.69, 9.17) is 9.47 Å². The van der Waals surface area contributed by atoms with E-state index in [0.29, 0.717) is 11.1 Å². The largest absolute Gasteiger partial charge is 0.504 e. The van der Waals surface area contributed by atoms with Crippen LogP contribution in [0.1, 0.15) is 24.0 Å². The number of aromatic hydroxyl groups is 4. The zero-order valence-electron chi connectivity index (χ0n) is 20.1. The van der Waals surface area contributed by atoms with Crippen molar-refractivity contribution in [2.45, 2.75) is 36.8 Å². The lowest BCUT2D eigenvalue weighted by Crippen LogP contribution is -2.60. The molecule has 0 spiro atoms. The minimum atomic E-state index is -2.12. The zero-order chi connectivity index (χ0) is 28.0. The number of aliphatic hydroxyl groups excluding tert-OH is 1. The van der Waals surface area contributed by atoms with E-state index in [-0.39, 0.29) is 11.5 Å². The SMILES string of the molecule is CNC(=O)C1(O)C[C@@H](O)[C@@H](OC(=O)/C=C/c2ccc(O)c(O)c2)[C@H](OC(=O)/C=C/c2ccc(O)c(O)c2)C1. The predicted octanol–water partition coefficient (Wildman–Crippen LogP) is 0.691. The Hall–Kier alpha value is -4.55. The van der Waals surface area contributed by atoms with Crippen LogP contribution in [0.3, 0.4) is 0 Å². The van der Waals surface area contributed by atoms with Gasteiger partial charge in [0, 0.05) is 32.0 Å². The Morgan fingerprint density at radius 3 is 1.82 bits per heavy atom. The fraction of sp³-hybridized carbons (Fsp3) is 0.269. The summed E-state index contributed by atoms with van der Waals surface area (Å²) >= 11 is 0. The maximum atomic E-state index is 12.5. The van der Waals surface area contributed by atoms with Gasteiger partial charge < -0.3 is 45.4 Å². The number of aliphatic hydroxyl groups is 2. The molecule has 202 valence electrons. The molecule has 12 heteroatoms. The van der Waals surface area contributed by atoms with Crippen LogP contribution >= 0.6 is 0 Å². The highest BCUT2D eigenvalue weighted by Gasteiger charge is 2.51. The second kappa shape index (κ2) is 11.7. The number of esters is 2. The minimum absolute atomic E-state index is 0.344. The first kappa shape index (κ1) is 28.0. The Bertz CT molecular complexity index is 1270. The fourth-order valence-electron chi connectivity index (χ4n) is 3.90. The zero-order valence-corrected chi connectivity index (χ0v) is 20.1. The van der Waals surface area contributed by atoms with Gasteiger partial charge in [-0.15, -0.1) is 0 Å². The number of benzene rings is 2. The molecule has 1 fully saturated rings. The number of amides is 1. The van der Waals surface area contributed by atoms with Gasteiger partial charge in [-0.3, -0.25) is 4.79 Å². The summed E-state index contributed by atoms with van der Waals surface area (Å²) in [5.74, 6) is -4.26. The van der Waals surface area contributed by atoms with Gasteiger partial charge in [0.2, 0.25) is 0 Å². The Morgan fingerprint density at radius 2 is 1.34 bits per heavy atom. The standard InChI is InChI=1S/C26H27NO11/c1-27-25(35)26(36)12-20(32)24(38-23(34)9-5-15-3-7-17(29)19(31)11-15)21(13-26)37-22(33)8-4-14-2-6-16(28)18(30)10-14/h2-11,20-21,24,28-32,36H,12-13H2,1H3,(H,27,35)/b8-4+,9-5+/t20-,21-,24-,26?/m1/s1. The van der Waals surface area contributed by atoms with Crippen molar-refractivity contribution < 1.29 is 54.5 Å². The van der Waals surface area contributed by atoms with Crippen molar-refractivity contribution in [3.63, 3.8) is 0 Å². The molecule has 1 aliphatic carbocycles. The third-order valence-corrected chi connectivity index (χ3v) is 5.82. The van der Waals surface area contributed by atoms with E-state index < -0.39 is 66.1 Å². The lowest BCUT2D eigenvalue weighted by molar-refractivity contribution is -0.198. The molecule has 12 nitrogen and oxygen atoms in total. The monoisotopic (exact) mass is 529 g/mol. The quantitative estimate of drug-likeness (QED) is 0.151. The fourth-order valence-corrected chi connectivity index (χ4v) is 3.90. The van der Waals surface area contributed by atoms with Crippen LogP contribution < -0.4 is 5.32 Å². The van der Waals surface area contributed by atoms with E-state index in [1.807, 2.05) is 0 Å². The van der Waals surface area contributed by atoms with Crippen LogP contribution in [0.25, 0.3) is 12.2 Å². The lowest BCUT2D eigenvalue weighted by atomic mass is 9.78. The number of phenolic OH excluding ortho intramolecular Hbond substituents is 4. The molecule has 2 aromatic carbocycles. The van der Waals surface area contributed by atoms with Gasteiger partial charge in [0.25, 0.3) is 5.91 Å². The number of carbonyl (C=O) groups is 3. The van der Waals surface area contributed by atoms with Crippen molar-refractivity contribution in [2.75, 3.05) is 7.05 Å². The van der Waals surface area contributed by atoms with Crippen LogP contribution in [0.2, 0.25) is 0 Å². The maximum absolute atomic E-state index is 12.5. The third-order valence-electron chi connectivity index (χ3n) is 5.82. The lowest BCUT2D eigenvalue weighted by Gasteiger charge is -2.41. The Kier molecular flexibility index (Phi) is 8.61. The third kappa shape index (κ3) is 6.81. The highest BCUT2D eigenvalue weighted by molar-refractivity contribution is 5.89. The van der Waals surface area contributed by atoms with Gasteiger partial charge in [-0.25, -0.2) is 9.59 Å². The number of nitrogens with one attached hydrogen (secondary N) is 1. The Morgan fingerprint density at radius 1 is 0.842 bits per heavy atom. The molecule has 0 aliphatic heterocycles. The average Bonchev–Trinajstić information content (AvgIpc) is 2.87. The van der Waals surface area contributed by atoms with Crippen molar-refractivity contribution in [1.29, 1.82) is 0 Å². The van der Waals surface area contributed by atoms with E-state index in [0.717, 1.165) is 12.2 Å². The summed E-state index contributed by atoms with van der Waals surface area (Å²) in [7, 11) is 1.28. The first-order valence-corrected chi connectivity index (χ1v) is 11.4. The molecule has 38 heavy (non-hydrogen) atoms. The van der Waals surface area contributed by atoms with Gasteiger partial charge in [0.15, 0.2) is 29.1 Å². The van der Waals surface area contributed by atoms with Gasteiger partial charge in [-0.2, -0.15) is 0 Å². The van der Waals surface area contributed by atoms with Gasteiger partial charge in [-0.1, -0.05) is 12.1 Å². The first-order chi connectivity index (χ1) is 17.9. The summed E-state index contributed by atoms with van der Waals surface area (Å²) in [5.41, 5.74) is -1.42. The molecule has 1 unspecified atom stereocenters. The molecular weight excluding hydrogens is 502 g/mol. The average molecular weight is 529 g/mol. The summed E-state index contributed by atoms with van der Waals surface area (Å²) in [6, 6.07) is 7.65. The van der Waals surface area contributed by atoms with Crippen LogP contribution in [0, 0.1) is 0 Å². The molecule has 0 radical (unpaired) electrons. The van der Waals surface area contributed by atoms with Gasteiger partial charge in [-0.05, 0) is 47.5 Å². The summed E-state index contributed by atoms with van der Waals surface area (Å²) < 4.78 is 10.6. The molecule has 0 saturated heterocycles. The van der Waals surface area contributed by atoms with Crippen LogP contribution in [-0.2, 0) is 23.9 Å². The number of hydrogen-bond acceptors (Lipinski definition) is 11. The summed E-state index contributed by atoms with van der Waals surface area (Å²) in [6.45, 7) is 0. The summed E-state index contributed by atoms with van der Waals surface area (Å²) in [6.07, 6.45) is -0.959. The van der Waals surface area contributed by atoms with Crippen LogP contribution in [0.15, 0.2) is 48.6 Å². The van der Waals surface area contributed by atoms with Crippen molar-refractivity contribution in [3.05, 3.63) is 59.7 Å². The Balaban J connectivity index is 1.77. The maximum Gasteiger partial charge on any atom is 0.331 e. The highest BCUT2D eigenvalue weighted by atomic mass is 16.6. The van der Waals surface area contributed by atoms with E-state index in [1.165, 1.54) is 55.6 Å². The van der Waals surface area contributed by atoms with Crippen LogP contribution in [0.4, 0.5) is 0 Å². The van der Waals surface area contributed by atoms with Crippen molar-refractivity contribution in [2.24, 2.45) is 0 Å². The molecule has 0 heterocycles. The predicted molar refractivity (Wildman–Crippen MR) is 132 cm³/mol. The van der Waals surface area contributed by atoms with Crippen molar-refractivity contribution >= 4 is 30.0 Å². The van der Waals surface area contributed by atoms with Crippen molar-refractivity contribution in [1.82, 2.24) is 5.32 Å². The second-order valence-electron chi connectivity index (χ2n) is 8.63. The smallest absolute Gasteiger partial charge is 0.331 e. The second-order valence-corrected chi connectivity index (χ2v) is 8.63. The van der Waals surface area contributed by atoms with E-state index in [1.54, 1.807) is 0 Å². The molecule has 1 aliphatic rings. The highest BCUT2D eigenvalue weighted by Crippen LogP contribution is 2.33. The van der Waals surface area contributed by atoms with Gasteiger partial charge in [0.1, 0.15) is 11.7 Å². The van der Waals surface area contributed by atoms with Crippen molar-refractivity contribution in [3.8, 4) is 23.0 Å². The molecule has 3 rings (SSSR count). The number of phenols is 4. The normalized spacial score (nSPS) is 23.3. The molecule has 0 aromatic heterocycles. The molecule has 1 saturated carbocycles. The number of carbonyl (C=O) groups excluding carboxylic acids is 3. The van der Waals surface area contributed by atoms with Crippen LogP contribution in [0.5, 0.6) is 23.0 Å².